The largest absolute Gasteiger partial charge is 0.470 e. The SMILES string of the molecule is CCOc1nc2c(s1)c(=O)n(-c1ccc3nn(C)cc3c1)c(=O)n2-c1ccc(OC(F)F)cc1. The number of nitrogens with zero attached hydrogens (tertiary/aromatic N) is 5. The second-order valence-electron chi connectivity index (χ2n) is 7.24. The number of aryl methyl sites for hydroxylation is 1. The lowest BCUT2D eigenvalue weighted by Gasteiger charge is -2.12. The highest BCUT2D eigenvalue weighted by atomic mass is 32.1. The Morgan fingerprint density at radius 3 is 2.50 bits per heavy atom. The smallest absolute Gasteiger partial charge is 0.387 e. The molecule has 0 aliphatic carbocycles. The van der Waals surface area contributed by atoms with Crippen LogP contribution in [0.2, 0.25) is 0 Å². The van der Waals surface area contributed by atoms with Crippen molar-refractivity contribution in [3.63, 3.8) is 0 Å². The van der Waals surface area contributed by atoms with Crippen molar-refractivity contribution in [2.24, 2.45) is 7.05 Å². The third-order valence-electron chi connectivity index (χ3n) is 5.03. The monoisotopic (exact) mass is 485 g/mol. The number of ether oxygens (including phenoxy) is 2. The molecule has 9 nitrogen and oxygen atoms in total. The molecular weight excluding hydrogens is 468 g/mol. The molecule has 5 rings (SSSR count). The fourth-order valence-electron chi connectivity index (χ4n) is 3.66. The average Bonchev–Trinajstić information content (AvgIpc) is 3.37. The minimum Gasteiger partial charge on any atom is -0.470 e. The maximum absolute atomic E-state index is 13.7. The Hall–Kier alpha value is -4.06. The van der Waals surface area contributed by atoms with Crippen LogP contribution in [0, 0.1) is 0 Å². The highest BCUT2D eigenvalue weighted by Gasteiger charge is 2.21. The molecule has 0 saturated heterocycles. The Morgan fingerprint density at radius 1 is 1.06 bits per heavy atom. The molecule has 12 heteroatoms. The molecule has 0 atom stereocenters. The molecule has 5 aromatic rings. The lowest BCUT2D eigenvalue weighted by molar-refractivity contribution is -0.0498. The Bertz CT molecular complexity index is 1640. The van der Waals surface area contributed by atoms with Crippen molar-refractivity contribution < 1.29 is 18.3 Å². The number of halogens is 2. The van der Waals surface area contributed by atoms with E-state index in [4.69, 9.17) is 4.74 Å². The predicted octanol–water partition coefficient (Wildman–Crippen LogP) is 3.48. The van der Waals surface area contributed by atoms with Crippen LogP contribution in [-0.2, 0) is 7.05 Å². The first-order valence-electron chi connectivity index (χ1n) is 10.2. The van der Waals surface area contributed by atoms with E-state index in [0.29, 0.717) is 23.5 Å². The summed E-state index contributed by atoms with van der Waals surface area (Å²) < 4.78 is 39.1. The van der Waals surface area contributed by atoms with Crippen LogP contribution in [0.15, 0.2) is 58.3 Å². The lowest BCUT2D eigenvalue weighted by Crippen LogP contribution is -2.38. The summed E-state index contributed by atoms with van der Waals surface area (Å²) in [6.07, 6.45) is 1.78. The summed E-state index contributed by atoms with van der Waals surface area (Å²) in [6.45, 7) is -0.866. The first-order chi connectivity index (χ1) is 16.4. The van der Waals surface area contributed by atoms with Gasteiger partial charge in [-0.2, -0.15) is 18.9 Å². The van der Waals surface area contributed by atoms with Crippen LogP contribution < -0.4 is 20.7 Å². The van der Waals surface area contributed by atoms with E-state index in [2.05, 4.69) is 14.8 Å². The molecule has 34 heavy (non-hydrogen) atoms. The summed E-state index contributed by atoms with van der Waals surface area (Å²) >= 11 is 1.03. The van der Waals surface area contributed by atoms with Gasteiger partial charge in [0.25, 0.3) is 10.8 Å². The minimum absolute atomic E-state index is 0.0633. The van der Waals surface area contributed by atoms with Gasteiger partial charge in [-0.15, -0.1) is 0 Å². The van der Waals surface area contributed by atoms with Crippen molar-refractivity contribution in [3.8, 4) is 22.3 Å². The van der Waals surface area contributed by atoms with Crippen LogP contribution in [0.25, 0.3) is 32.6 Å². The Kier molecular flexibility index (Phi) is 5.36. The number of hydrogen-bond donors (Lipinski definition) is 0. The number of fused-ring (bicyclic) bond motifs is 2. The number of thiazole rings is 1. The molecule has 0 bridgehead atoms. The maximum Gasteiger partial charge on any atom is 0.387 e. The Labute approximate surface area is 194 Å². The second-order valence-corrected chi connectivity index (χ2v) is 8.20. The van der Waals surface area contributed by atoms with Crippen molar-refractivity contribution in [2.45, 2.75) is 13.5 Å². The normalized spacial score (nSPS) is 11.6. The number of hydrogen-bond acceptors (Lipinski definition) is 7. The average molecular weight is 485 g/mol. The Balaban J connectivity index is 1.78. The molecule has 3 aromatic heterocycles. The molecule has 0 fully saturated rings. The quantitative estimate of drug-likeness (QED) is 0.366. The molecule has 0 aliphatic rings. The summed E-state index contributed by atoms with van der Waals surface area (Å²) in [7, 11) is 1.78. The van der Waals surface area contributed by atoms with Crippen LogP contribution in [0.3, 0.4) is 0 Å². The van der Waals surface area contributed by atoms with Crippen molar-refractivity contribution in [1.82, 2.24) is 23.9 Å². The van der Waals surface area contributed by atoms with Gasteiger partial charge >= 0.3 is 12.3 Å². The van der Waals surface area contributed by atoms with Crippen LogP contribution in [0.4, 0.5) is 8.78 Å². The van der Waals surface area contributed by atoms with E-state index in [1.165, 1.54) is 28.8 Å². The zero-order valence-corrected chi connectivity index (χ0v) is 18.8. The van der Waals surface area contributed by atoms with E-state index in [0.717, 1.165) is 21.3 Å². The number of alkyl halides is 2. The van der Waals surface area contributed by atoms with E-state index < -0.39 is 17.9 Å². The molecule has 0 N–H and O–H groups in total. The minimum atomic E-state index is -2.98. The van der Waals surface area contributed by atoms with Crippen LogP contribution in [0.5, 0.6) is 10.9 Å². The summed E-state index contributed by atoms with van der Waals surface area (Å²) in [5, 5.41) is 5.31. The second kappa shape index (κ2) is 8.37. The van der Waals surface area contributed by atoms with Gasteiger partial charge in [-0.05, 0) is 49.4 Å². The molecule has 0 aliphatic heterocycles. The highest BCUT2D eigenvalue weighted by molar-refractivity contribution is 7.20. The summed E-state index contributed by atoms with van der Waals surface area (Å²) in [5.41, 5.74) is 0.296. The molecule has 174 valence electrons. The zero-order chi connectivity index (χ0) is 24.0. The van der Waals surface area contributed by atoms with Gasteiger partial charge in [0.2, 0.25) is 0 Å². The Morgan fingerprint density at radius 2 is 1.79 bits per heavy atom. The van der Waals surface area contributed by atoms with Gasteiger partial charge in [0.1, 0.15) is 10.4 Å². The predicted molar refractivity (Wildman–Crippen MR) is 123 cm³/mol. The molecule has 0 spiro atoms. The molecule has 0 radical (unpaired) electrons. The van der Waals surface area contributed by atoms with Gasteiger partial charge in [0, 0.05) is 18.6 Å². The summed E-state index contributed by atoms with van der Waals surface area (Å²) in [6, 6.07) is 10.6. The summed E-state index contributed by atoms with van der Waals surface area (Å²) in [4.78, 5) is 31.4. The van der Waals surface area contributed by atoms with Gasteiger partial charge in [0.05, 0.1) is 23.5 Å². The number of rotatable bonds is 6. The number of benzene rings is 2. The fraction of sp³-hybridized carbons (Fsp3) is 0.182. The topological polar surface area (TPSA) is 93.2 Å². The van der Waals surface area contributed by atoms with Crippen LogP contribution in [-0.4, -0.2) is 37.1 Å². The molecule has 0 unspecified atom stereocenters. The third kappa shape index (κ3) is 3.71. The van der Waals surface area contributed by atoms with Gasteiger partial charge in [-0.1, -0.05) is 11.3 Å². The molecular formula is C22H17F2N5O4S. The van der Waals surface area contributed by atoms with Gasteiger partial charge in [-0.3, -0.25) is 9.48 Å². The molecule has 0 saturated carbocycles. The van der Waals surface area contributed by atoms with E-state index >= 15 is 0 Å². The van der Waals surface area contributed by atoms with Gasteiger partial charge < -0.3 is 9.47 Å². The third-order valence-corrected chi connectivity index (χ3v) is 5.98. The van der Waals surface area contributed by atoms with Crippen LogP contribution in [0.1, 0.15) is 6.92 Å². The van der Waals surface area contributed by atoms with Crippen molar-refractivity contribution in [2.75, 3.05) is 6.61 Å². The zero-order valence-electron chi connectivity index (χ0n) is 17.9. The van der Waals surface area contributed by atoms with Crippen molar-refractivity contribution >= 4 is 32.6 Å². The van der Waals surface area contributed by atoms with E-state index in [1.54, 1.807) is 43.0 Å². The van der Waals surface area contributed by atoms with E-state index in [9.17, 15) is 18.4 Å². The fourth-order valence-corrected chi connectivity index (χ4v) is 4.55. The summed E-state index contributed by atoms with van der Waals surface area (Å²) in [5.74, 6) is -0.0633. The first kappa shape index (κ1) is 21.8. The van der Waals surface area contributed by atoms with Crippen LogP contribution >= 0.6 is 11.3 Å². The standard InChI is InChI=1S/C22H17F2N5O4S/c1-3-32-21-25-18-17(34-21)19(30)29(14-6-9-16-12(10-14)11-27(2)26-16)22(31)28(18)13-4-7-15(8-5-13)33-20(23)24/h4-11,20H,3H2,1-2H3. The lowest BCUT2D eigenvalue weighted by atomic mass is 10.2. The maximum atomic E-state index is 13.7. The molecule has 2 aromatic carbocycles. The van der Waals surface area contributed by atoms with Gasteiger partial charge in [0.15, 0.2) is 5.65 Å². The molecule has 3 heterocycles. The highest BCUT2D eigenvalue weighted by Crippen LogP contribution is 2.27. The van der Waals surface area contributed by atoms with Crippen molar-refractivity contribution in [3.05, 3.63) is 69.5 Å². The molecule has 0 amide bonds. The van der Waals surface area contributed by atoms with E-state index in [-0.39, 0.29) is 21.3 Å². The first-order valence-corrected chi connectivity index (χ1v) is 11.0. The van der Waals surface area contributed by atoms with E-state index in [1.807, 2.05) is 0 Å². The van der Waals surface area contributed by atoms with Gasteiger partial charge in [-0.25, -0.2) is 13.9 Å². The number of aromatic nitrogens is 5. The van der Waals surface area contributed by atoms with Crippen molar-refractivity contribution in [1.29, 1.82) is 0 Å².